The molecule has 0 aliphatic carbocycles. The molecule has 1 atom stereocenters. The molecule has 0 aliphatic heterocycles. The van der Waals surface area contributed by atoms with E-state index in [2.05, 4.69) is 4.74 Å². The van der Waals surface area contributed by atoms with Gasteiger partial charge in [0.05, 0.1) is 24.7 Å². The summed E-state index contributed by atoms with van der Waals surface area (Å²) in [6, 6.07) is 4.08. The van der Waals surface area contributed by atoms with Crippen molar-refractivity contribution < 1.29 is 54.2 Å². The third-order valence-electron chi connectivity index (χ3n) is 3.69. The summed E-state index contributed by atoms with van der Waals surface area (Å²) in [7, 11) is 0.875. The van der Waals surface area contributed by atoms with Crippen LogP contribution in [0.5, 0.6) is 0 Å². The number of carbonyl (C=O) groups is 1. The summed E-state index contributed by atoms with van der Waals surface area (Å²) in [5.74, 6) is -21.1. The van der Waals surface area contributed by atoms with Gasteiger partial charge >= 0.3 is 29.9 Å². The molecule has 27 heavy (non-hydrogen) atoms. The van der Waals surface area contributed by atoms with Crippen molar-refractivity contribution in [1.82, 2.24) is 0 Å². The van der Waals surface area contributed by atoms with E-state index in [-0.39, 0.29) is 0 Å². The van der Waals surface area contributed by atoms with Gasteiger partial charge in [-0.25, -0.2) is 4.79 Å². The highest BCUT2D eigenvalue weighted by atomic mass is 19.4. The van der Waals surface area contributed by atoms with Gasteiger partial charge in [-0.15, -0.1) is 0 Å². The summed E-state index contributed by atoms with van der Waals surface area (Å²) in [4.78, 5) is 11.6. The predicted molar refractivity (Wildman–Crippen MR) is 72.9 cm³/mol. The fraction of sp³-hybridized carbons (Fsp3) is 0.533. The average molecular weight is 412 g/mol. The number of hydrogen-bond acceptors (Lipinski definition) is 3. The highest BCUT2D eigenvalue weighted by Gasteiger charge is 2.82. The maximum atomic E-state index is 13.8. The van der Waals surface area contributed by atoms with Crippen LogP contribution in [0.3, 0.4) is 0 Å². The summed E-state index contributed by atoms with van der Waals surface area (Å²) >= 11 is 0. The Kier molecular flexibility index (Phi) is 5.87. The lowest BCUT2D eigenvalue weighted by molar-refractivity contribution is -0.400. The van der Waals surface area contributed by atoms with E-state index in [4.69, 9.17) is 0 Å². The molecule has 1 aromatic carbocycles. The first-order valence-corrected chi connectivity index (χ1v) is 7.03. The lowest BCUT2D eigenvalue weighted by Crippen LogP contribution is -2.62. The van der Waals surface area contributed by atoms with Crippen LogP contribution in [0.1, 0.15) is 29.3 Å². The maximum absolute atomic E-state index is 13.8. The molecule has 1 aromatic rings. The summed E-state index contributed by atoms with van der Waals surface area (Å²) in [5, 5.41) is 10.1. The molecule has 0 aromatic heterocycles. The monoisotopic (exact) mass is 412 g/mol. The number of ether oxygens (including phenoxy) is 1. The molecule has 1 N–H and O–H groups in total. The largest absolute Gasteiger partial charge is 0.465 e. The number of halogens is 9. The Balaban J connectivity index is 3.39. The second kappa shape index (κ2) is 6.88. The first kappa shape index (κ1) is 23.1. The van der Waals surface area contributed by atoms with E-state index in [9.17, 15) is 49.4 Å². The fourth-order valence-electron chi connectivity index (χ4n) is 2.29. The molecule has 154 valence electrons. The van der Waals surface area contributed by atoms with Gasteiger partial charge in [-0.1, -0.05) is 18.2 Å². The normalized spacial score (nSPS) is 16.0. The molecule has 0 spiro atoms. The van der Waals surface area contributed by atoms with Gasteiger partial charge in [0.25, 0.3) is 0 Å². The number of carbonyl (C=O) groups excluding carboxylic acids is 1. The van der Waals surface area contributed by atoms with Gasteiger partial charge < -0.3 is 9.84 Å². The Bertz CT molecular complexity index is 696. The quantitative estimate of drug-likeness (QED) is 0.552. The van der Waals surface area contributed by atoms with Crippen LogP contribution < -0.4 is 0 Å². The van der Waals surface area contributed by atoms with Gasteiger partial charge in [0.2, 0.25) is 0 Å². The Hall–Kier alpha value is -1.98. The number of aliphatic hydroxyl groups is 1. The van der Waals surface area contributed by atoms with E-state index < -0.39 is 53.1 Å². The van der Waals surface area contributed by atoms with Crippen LogP contribution in [0.4, 0.5) is 39.5 Å². The zero-order valence-electron chi connectivity index (χ0n) is 13.7. The number of benzene rings is 1. The number of alkyl halides is 9. The molecule has 3 nitrogen and oxygen atoms in total. The molecule has 0 heterocycles. The van der Waals surface area contributed by atoms with E-state index in [1.54, 1.807) is 0 Å². The highest BCUT2D eigenvalue weighted by molar-refractivity contribution is 5.91. The smallest absolute Gasteiger partial charge is 0.460 e. The van der Waals surface area contributed by atoms with Gasteiger partial charge in [0.1, 0.15) is 0 Å². The van der Waals surface area contributed by atoms with Crippen LogP contribution in [0.2, 0.25) is 0 Å². The Morgan fingerprint density at radius 2 is 1.44 bits per heavy atom. The van der Waals surface area contributed by atoms with Crippen molar-refractivity contribution in [3.8, 4) is 0 Å². The van der Waals surface area contributed by atoms with Crippen molar-refractivity contribution in [2.75, 3.05) is 7.11 Å². The van der Waals surface area contributed by atoms with Crippen LogP contribution in [0, 0.1) is 0 Å². The molecular weight excluding hydrogens is 399 g/mol. The minimum Gasteiger partial charge on any atom is -0.465 e. The molecule has 1 rings (SSSR count). The van der Waals surface area contributed by atoms with Crippen molar-refractivity contribution in [3.05, 3.63) is 35.4 Å². The maximum Gasteiger partial charge on any atom is 0.460 e. The van der Waals surface area contributed by atoms with Crippen molar-refractivity contribution in [3.63, 3.8) is 0 Å². The van der Waals surface area contributed by atoms with Crippen molar-refractivity contribution in [1.29, 1.82) is 0 Å². The molecule has 0 fully saturated rings. The molecular formula is C15H13F9O3. The molecule has 1 unspecified atom stereocenters. The van der Waals surface area contributed by atoms with Crippen LogP contribution in [-0.2, 0) is 10.3 Å². The molecule has 0 radical (unpaired) electrons. The van der Waals surface area contributed by atoms with Crippen molar-refractivity contribution >= 4 is 5.97 Å². The number of esters is 1. The zero-order valence-corrected chi connectivity index (χ0v) is 13.7. The molecule has 0 bridgehead atoms. The summed E-state index contributed by atoms with van der Waals surface area (Å²) < 4.78 is 121. The van der Waals surface area contributed by atoms with Crippen LogP contribution in [0.15, 0.2) is 24.3 Å². The van der Waals surface area contributed by atoms with Gasteiger partial charge in [-0.05, 0) is 18.6 Å². The Labute approximate surface area is 146 Å². The fourth-order valence-corrected chi connectivity index (χ4v) is 2.29. The third kappa shape index (κ3) is 3.99. The number of rotatable bonds is 6. The lowest BCUT2D eigenvalue weighted by atomic mass is 9.84. The van der Waals surface area contributed by atoms with Crippen LogP contribution in [0.25, 0.3) is 0 Å². The second-order valence-corrected chi connectivity index (χ2v) is 5.84. The highest BCUT2D eigenvalue weighted by Crippen LogP contribution is 2.55. The molecule has 0 saturated carbocycles. The Morgan fingerprint density at radius 1 is 0.963 bits per heavy atom. The summed E-state index contributed by atoms with van der Waals surface area (Å²) in [6.45, 7) is 0.463. The number of methoxy groups -OCH3 is 1. The van der Waals surface area contributed by atoms with E-state index >= 15 is 0 Å². The van der Waals surface area contributed by atoms with Gasteiger partial charge in [-0.2, -0.15) is 39.5 Å². The van der Waals surface area contributed by atoms with Crippen LogP contribution in [-0.4, -0.2) is 42.1 Å². The first-order valence-electron chi connectivity index (χ1n) is 7.03. The third-order valence-corrected chi connectivity index (χ3v) is 3.69. The summed E-state index contributed by atoms with van der Waals surface area (Å²) in [6.07, 6.45) is -9.50. The van der Waals surface area contributed by atoms with E-state index in [1.807, 2.05) is 0 Å². The summed E-state index contributed by atoms with van der Waals surface area (Å²) in [5.41, 5.74) is -4.37. The molecule has 12 heteroatoms. The first-order chi connectivity index (χ1) is 11.9. The lowest BCUT2D eigenvalue weighted by Gasteiger charge is -2.37. The van der Waals surface area contributed by atoms with Crippen molar-refractivity contribution in [2.24, 2.45) is 0 Å². The average Bonchev–Trinajstić information content (AvgIpc) is 2.51. The molecule has 0 saturated heterocycles. The van der Waals surface area contributed by atoms with Gasteiger partial charge in [0.15, 0.2) is 0 Å². The van der Waals surface area contributed by atoms with E-state index in [0.717, 1.165) is 25.3 Å². The number of hydrogen-bond donors (Lipinski definition) is 1. The van der Waals surface area contributed by atoms with Gasteiger partial charge in [0, 0.05) is 0 Å². The molecule has 0 amide bonds. The SMILES string of the molecule is COC(=O)c1ccccc1C(C)(O)CC(F)(F)C(F)(F)C(F)(F)C(F)(F)F. The minimum atomic E-state index is -7.07. The second-order valence-electron chi connectivity index (χ2n) is 5.84. The minimum absolute atomic E-state index is 0.463. The van der Waals surface area contributed by atoms with E-state index in [0.29, 0.717) is 6.92 Å². The predicted octanol–water partition coefficient (Wildman–Crippen LogP) is 4.54. The standard InChI is InChI=1S/C15H13F9O3/c1-11(26,9-6-4-3-5-8(9)10(25)27-2)7-12(16,17)13(18,19)14(20,21)15(22,23)24/h3-6,26H,7H2,1-2H3. The topological polar surface area (TPSA) is 46.5 Å². The van der Waals surface area contributed by atoms with Gasteiger partial charge in [-0.3, -0.25) is 0 Å². The van der Waals surface area contributed by atoms with E-state index in [1.165, 1.54) is 6.07 Å². The van der Waals surface area contributed by atoms with Crippen molar-refractivity contribution in [2.45, 2.75) is 42.9 Å². The zero-order chi connectivity index (χ0) is 21.5. The Morgan fingerprint density at radius 3 is 1.89 bits per heavy atom. The van der Waals surface area contributed by atoms with Crippen LogP contribution >= 0.6 is 0 Å². The molecule has 0 aliphatic rings.